The number of benzene rings is 8. The van der Waals surface area contributed by atoms with E-state index >= 15 is 0 Å². The standard InChI is InChI=1S/C68H66BN3O2/c1-64(2,3)41-22-29-54-51(34-41)67(10)32-16-17-33-68(67,11)72(54)46-37-57-63-58(38-46)71(45-26-28-50-48-19-13-15-21-60(48)74-62(50)40-45)56-31-24-43(66(7,8)9)36-53(56)69(63)52-35-42(65(4,5)6)23-30-55(52)70(57)44-25-27-49-47-18-12-14-20-59(47)73-61(49)39-44/h12-15,18-31,34-40H,16-17,32-33H2,1-11H3. The number of nitrogens with zero attached hydrogens (tertiary/aromatic N) is 3. The molecule has 0 radical (unpaired) electrons. The quantitative estimate of drug-likeness (QED) is 0.165. The molecule has 10 aromatic rings. The topological polar surface area (TPSA) is 36.0 Å². The molecule has 2 unspecified atom stereocenters. The molecule has 74 heavy (non-hydrogen) atoms. The first-order valence-electron chi connectivity index (χ1n) is 27.2. The van der Waals surface area contributed by atoms with Crippen molar-refractivity contribution in [2.75, 3.05) is 14.7 Å². The van der Waals surface area contributed by atoms with E-state index < -0.39 is 0 Å². The van der Waals surface area contributed by atoms with Crippen molar-refractivity contribution in [3.8, 4) is 0 Å². The van der Waals surface area contributed by atoms with Gasteiger partial charge in [0.05, 0.1) is 5.54 Å². The van der Waals surface area contributed by atoms with E-state index in [1.54, 1.807) is 0 Å². The lowest BCUT2D eigenvalue weighted by Crippen LogP contribution is -2.62. The van der Waals surface area contributed by atoms with Gasteiger partial charge < -0.3 is 23.5 Å². The molecule has 1 saturated carbocycles. The monoisotopic (exact) mass is 968 g/mol. The SMILES string of the molecule is CC(C)(C)c1ccc2c(c1)B1c3cc(C(C)(C)C)ccc3N(c3ccc4c(c3)oc3ccccc34)c3cc(N4c5ccc(C(C)(C)C)cc5C5(C)CCCCC45C)cc(c31)N2c1ccc2c(c1)oc1ccccc12. The van der Waals surface area contributed by atoms with Crippen molar-refractivity contribution in [1.29, 1.82) is 0 Å². The van der Waals surface area contributed by atoms with Gasteiger partial charge in [-0.15, -0.1) is 0 Å². The molecule has 0 bridgehead atoms. The summed E-state index contributed by atoms with van der Waals surface area (Å²) in [5.74, 6) is 0. The lowest BCUT2D eigenvalue weighted by atomic mass is 9.33. The van der Waals surface area contributed by atoms with Crippen molar-refractivity contribution in [1.82, 2.24) is 0 Å². The summed E-state index contributed by atoms with van der Waals surface area (Å²) >= 11 is 0. The van der Waals surface area contributed by atoms with Gasteiger partial charge in [-0.1, -0.05) is 155 Å². The van der Waals surface area contributed by atoms with Crippen LogP contribution in [-0.4, -0.2) is 12.3 Å². The molecule has 14 rings (SSSR count). The summed E-state index contributed by atoms with van der Waals surface area (Å²) in [6, 6.07) is 57.9. The van der Waals surface area contributed by atoms with Crippen LogP contribution in [0.15, 0.2) is 160 Å². The minimum Gasteiger partial charge on any atom is -0.456 e. The molecule has 5 heterocycles. The molecule has 2 aromatic heterocycles. The predicted octanol–water partition coefficient (Wildman–Crippen LogP) is 17.2. The Balaban J connectivity index is 1.11. The molecule has 0 saturated heterocycles. The molecule has 5 nitrogen and oxygen atoms in total. The zero-order valence-corrected chi connectivity index (χ0v) is 45.0. The van der Waals surface area contributed by atoms with Crippen LogP contribution in [0.5, 0.6) is 0 Å². The minimum atomic E-state index is -0.178. The lowest BCUT2D eigenvalue weighted by Gasteiger charge is -2.51. The fraction of sp³-hybridized carbons (Fsp3) is 0.294. The fourth-order valence-electron chi connectivity index (χ4n) is 13.9. The van der Waals surface area contributed by atoms with Crippen molar-refractivity contribution < 1.29 is 8.83 Å². The Morgan fingerprint density at radius 3 is 1.36 bits per heavy atom. The fourth-order valence-corrected chi connectivity index (χ4v) is 13.9. The van der Waals surface area contributed by atoms with E-state index in [1.165, 1.54) is 85.6 Å². The molecule has 3 aliphatic heterocycles. The Kier molecular flexibility index (Phi) is 9.34. The van der Waals surface area contributed by atoms with Crippen molar-refractivity contribution in [2.45, 2.75) is 129 Å². The van der Waals surface area contributed by atoms with Crippen LogP contribution in [0.2, 0.25) is 0 Å². The molecule has 1 aliphatic carbocycles. The van der Waals surface area contributed by atoms with E-state index in [1.807, 2.05) is 0 Å². The summed E-state index contributed by atoms with van der Waals surface area (Å²) in [4.78, 5) is 7.94. The van der Waals surface area contributed by atoms with Gasteiger partial charge in [-0.05, 0) is 141 Å². The smallest absolute Gasteiger partial charge is 0.252 e. The van der Waals surface area contributed by atoms with Gasteiger partial charge in [0, 0.05) is 84.6 Å². The van der Waals surface area contributed by atoms with E-state index in [9.17, 15) is 0 Å². The molecule has 0 amide bonds. The lowest BCUT2D eigenvalue weighted by molar-refractivity contribution is 0.195. The minimum absolute atomic E-state index is 0.0261. The van der Waals surface area contributed by atoms with E-state index in [4.69, 9.17) is 8.83 Å². The highest BCUT2D eigenvalue weighted by Crippen LogP contribution is 2.62. The number of hydrogen-bond acceptors (Lipinski definition) is 5. The van der Waals surface area contributed by atoms with Gasteiger partial charge in [-0.2, -0.15) is 0 Å². The molecule has 8 aromatic carbocycles. The molecule has 368 valence electrons. The normalized spacial score (nSPS) is 19.3. The second kappa shape index (κ2) is 15.2. The van der Waals surface area contributed by atoms with Crippen LogP contribution in [0.3, 0.4) is 0 Å². The van der Waals surface area contributed by atoms with Gasteiger partial charge in [-0.3, -0.25) is 0 Å². The Bertz CT molecular complexity index is 3800. The summed E-state index contributed by atoms with van der Waals surface area (Å²) in [6.45, 7) is 26.2. The second-order valence-electron chi connectivity index (χ2n) is 25.7. The van der Waals surface area contributed by atoms with Crippen LogP contribution in [0.25, 0.3) is 43.9 Å². The predicted molar refractivity (Wildman–Crippen MR) is 314 cm³/mol. The molecule has 4 aliphatic rings. The summed E-state index contributed by atoms with van der Waals surface area (Å²) in [5.41, 5.74) is 22.2. The maximum absolute atomic E-state index is 6.73. The zero-order chi connectivity index (χ0) is 51.0. The average molecular weight is 968 g/mol. The first-order chi connectivity index (χ1) is 35.3. The Morgan fingerprint density at radius 2 is 0.865 bits per heavy atom. The number of hydrogen-bond donors (Lipinski definition) is 0. The summed E-state index contributed by atoms with van der Waals surface area (Å²) in [7, 11) is 0. The molecule has 6 heteroatoms. The number of para-hydroxylation sites is 2. The van der Waals surface area contributed by atoms with Crippen LogP contribution in [0.4, 0.5) is 45.5 Å². The molecule has 2 atom stereocenters. The number of rotatable bonds is 3. The summed E-state index contributed by atoms with van der Waals surface area (Å²) in [5, 5.41) is 4.53. The van der Waals surface area contributed by atoms with Gasteiger partial charge >= 0.3 is 0 Å². The van der Waals surface area contributed by atoms with Gasteiger partial charge in [0.1, 0.15) is 22.3 Å². The molecule has 0 N–H and O–H groups in total. The molecular weight excluding hydrogens is 902 g/mol. The Morgan fingerprint density at radius 1 is 0.419 bits per heavy atom. The van der Waals surface area contributed by atoms with Crippen LogP contribution >= 0.6 is 0 Å². The maximum Gasteiger partial charge on any atom is 0.252 e. The highest BCUT2D eigenvalue weighted by molar-refractivity contribution is 7.00. The van der Waals surface area contributed by atoms with Crippen LogP contribution < -0.4 is 31.1 Å². The highest BCUT2D eigenvalue weighted by Gasteiger charge is 2.58. The van der Waals surface area contributed by atoms with Crippen LogP contribution in [-0.2, 0) is 21.7 Å². The number of fused-ring (bicyclic) bond motifs is 13. The van der Waals surface area contributed by atoms with E-state index in [2.05, 4.69) is 243 Å². The first-order valence-corrected chi connectivity index (χ1v) is 27.2. The van der Waals surface area contributed by atoms with Crippen LogP contribution in [0.1, 0.15) is 124 Å². The molecular formula is C68H66BN3O2. The van der Waals surface area contributed by atoms with Gasteiger partial charge in [-0.25, -0.2) is 0 Å². The van der Waals surface area contributed by atoms with E-state index in [0.29, 0.717) is 0 Å². The Labute approximate surface area is 436 Å². The van der Waals surface area contributed by atoms with E-state index in [-0.39, 0.29) is 33.9 Å². The second-order valence-corrected chi connectivity index (χ2v) is 25.7. The van der Waals surface area contributed by atoms with E-state index in [0.717, 1.165) is 68.1 Å². The third-order valence-corrected chi connectivity index (χ3v) is 18.3. The molecule has 0 spiro atoms. The maximum atomic E-state index is 6.73. The van der Waals surface area contributed by atoms with Crippen LogP contribution in [0, 0.1) is 0 Å². The Hall–Kier alpha value is -7.18. The largest absolute Gasteiger partial charge is 0.456 e. The van der Waals surface area contributed by atoms with Gasteiger partial charge in [0.15, 0.2) is 0 Å². The third-order valence-electron chi connectivity index (χ3n) is 18.3. The van der Waals surface area contributed by atoms with Crippen molar-refractivity contribution in [3.63, 3.8) is 0 Å². The third kappa shape index (κ3) is 6.36. The highest BCUT2D eigenvalue weighted by atomic mass is 16.3. The van der Waals surface area contributed by atoms with Crippen molar-refractivity contribution in [2.24, 2.45) is 0 Å². The number of anilines is 8. The van der Waals surface area contributed by atoms with Gasteiger partial charge in [0.2, 0.25) is 0 Å². The number of furan rings is 2. The summed E-state index contributed by atoms with van der Waals surface area (Å²) < 4.78 is 13.5. The van der Waals surface area contributed by atoms with Crippen molar-refractivity contribution >= 4 is 112 Å². The molecule has 1 fully saturated rings. The first kappa shape index (κ1) is 45.4. The zero-order valence-electron chi connectivity index (χ0n) is 45.0. The van der Waals surface area contributed by atoms with Gasteiger partial charge in [0.25, 0.3) is 6.71 Å². The van der Waals surface area contributed by atoms with Crippen molar-refractivity contribution in [3.05, 3.63) is 174 Å². The summed E-state index contributed by atoms with van der Waals surface area (Å²) in [6.07, 6.45) is 4.68. The average Bonchev–Trinajstić information content (AvgIpc) is 4.00.